The highest BCUT2D eigenvalue weighted by Crippen LogP contribution is 2.33. The van der Waals surface area contributed by atoms with Crippen LogP contribution in [0.15, 0.2) is 24.3 Å². The second-order valence-corrected chi connectivity index (χ2v) is 7.07. The van der Waals surface area contributed by atoms with Crippen molar-refractivity contribution in [2.45, 2.75) is 57.0 Å². The summed E-state index contributed by atoms with van der Waals surface area (Å²) in [6.45, 7) is 4.27. The smallest absolute Gasteiger partial charge is 0.227 e. The van der Waals surface area contributed by atoms with Crippen LogP contribution in [0.4, 0.5) is 0 Å². The van der Waals surface area contributed by atoms with E-state index in [1.807, 2.05) is 24.3 Å². The van der Waals surface area contributed by atoms with Crippen LogP contribution >= 0.6 is 0 Å². The van der Waals surface area contributed by atoms with E-state index in [2.05, 4.69) is 17.1 Å². The number of fused-ring (bicyclic) bond motifs is 1. The van der Waals surface area contributed by atoms with E-state index in [-0.39, 0.29) is 11.4 Å². The first-order valence-corrected chi connectivity index (χ1v) is 8.80. The normalized spacial score (nSPS) is 27.9. The molecule has 2 aliphatic rings. The van der Waals surface area contributed by atoms with Crippen LogP contribution in [0.3, 0.4) is 0 Å². The fourth-order valence-electron chi connectivity index (χ4n) is 4.16. The highest BCUT2D eigenvalue weighted by atomic mass is 16.5. The molecule has 0 radical (unpaired) electrons. The minimum atomic E-state index is 0.0821. The number of ether oxygens (including phenoxy) is 1. The van der Waals surface area contributed by atoms with Gasteiger partial charge in [0.1, 0.15) is 5.75 Å². The molecule has 2 heterocycles. The predicted molar refractivity (Wildman–Crippen MR) is 91.7 cm³/mol. The van der Waals surface area contributed by atoms with Gasteiger partial charge in [-0.15, -0.1) is 0 Å². The second-order valence-electron chi connectivity index (χ2n) is 7.07. The summed E-state index contributed by atoms with van der Waals surface area (Å²) in [5.41, 5.74) is 1.11. The number of methoxy groups -OCH3 is 1. The number of rotatable bonds is 3. The van der Waals surface area contributed by atoms with Crippen LogP contribution in [0.2, 0.25) is 0 Å². The van der Waals surface area contributed by atoms with Gasteiger partial charge in [-0.05, 0) is 56.8 Å². The Labute approximate surface area is 139 Å². The molecule has 0 aliphatic carbocycles. The first-order valence-electron chi connectivity index (χ1n) is 8.80. The molecule has 1 amide bonds. The Morgan fingerprint density at radius 1 is 1.39 bits per heavy atom. The molecule has 2 saturated heterocycles. The van der Waals surface area contributed by atoms with E-state index < -0.39 is 0 Å². The van der Waals surface area contributed by atoms with Crippen molar-refractivity contribution in [2.24, 2.45) is 0 Å². The molecule has 2 aliphatic heterocycles. The lowest BCUT2D eigenvalue weighted by atomic mass is 9.81. The molecule has 23 heavy (non-hydrogen) atoms. The number of carbonyl (C=O) groups is 1. The van der Waals surface area contributed by atoms with Gasteiger partial charge in [-0.25, -0.2) is 0 Å². The Bertz CT molecular complexity index is 560. The zero-order chi connectivity index (χ0) is 16.3. The maximum Gasteiger partial charge on any atom is 0.227 e. The van der Waals surface area contributed by atoms with Gasteiger partial charge in [0.25, 0.3) is 0 Å². The number of likely N-dealkylation sites (tertiary alicyclic amines) is 1. The average Bonchev–Trinajstić information content (AvgIpc) is 2.75. The number of hydrogen-bond acceptors (Lipinski definition) is 3. The largest absolute Gasteiger partial charge is 0.497 e. The van der Waals surface area contributed by atoms with Gasteiger partial charge in [0, 0.05) is 18.1 Å². The third-order valence-corrected chi connectivity index (χ3v) is 5.45. The van der Waals surface area contributed by atoms with Crippen molar-refractivity contribution in [2.75, 3.05) is 20.2 Å². The molecule has 3 rings (SSSR count). The molecule has 0 bridgehead atoms. The lowest BCUT2D eigenvalue weighted by Crippen LogP contribution is -2.62. The fourth-order valence-corrected chi connectivity index (χ4v) is 4.16. The number of benzene rings is 1. The molecule has 2 fully saturated rings. The summed E-state index contributed by atoms with van der Waals surface area (Å²) in [7, 11) is 1.66. The highest BCUT2D eigenvalue weighted by molar-refractivity contribution is 5.79. The van der Waals surface area contributed by atoms with Crippen molar-refractivity contribution in [3.63, 3.8) is 0 Å². The van der Waals surface area contributed by atoms with Gasteiger partial charge in [-0.3, -0.25) is 4.79 Å². The minimum absolute atomic E-state index is 0.0821. The van der Waals surface area contributed by atoms with Crippen molar-refractivity contribution in [1.29, 1.82) is 0 Å². The molecule has 0 aromatic heterocycles. The van der Waals surface area contributed by atoms with E-state index in [1.54, 1.807) is 7.11 Å². The van der Waals surface area contributed by atoms with Crippen molar-refractivity contribution in [3.8, 4) is 5.75 Å². The topological polar surface area (TPSA) is 41.6 Å². The first kappa shape index (κ1) is 16.3. The monoisotopic (exact) mass is 316 g/mol. The quantitative estimate of drug-likeness (QED) is 0.932. The minimum Gasteiger partial charge on any atom is -0.497 e. The summed E-state index contributed by atoms with van der Waals surface area (Å²) in [5.74, 6) is 1.06. The summed E-state index contributed by atoms with van der Waals surface area (Å²) in [5, 5.41) is 3.71. The molecule has 0 spiro atoms. The van der Waals surface area contributed by atoms with E-state index in [9.17, 15) is 4.79 Å². The van der Waals surface area contributed by atoms with Gasteiger partial charge < -0.3 is 15.0 Å². The Hall–Kier alpha value is -1.55. The molecule has 4 heteroatoms. The van der Waals surface area contributed by atoms with E-state index in [0.717, 1.165) is 37.2 Å². The molecule has 1 aromatic rings. The van der Waals surface area contributed by atoms with Gasteiger partial charge >= 0.3 is 0 Å². The van der Waals surface area contributed by atoms with Gasteiger partial charge in [0.15, 0.2) is 0 Å². The summed E-state index contributed by atoms with van der Waals surface area (Å²) >= 11 is 0. The molecule has 0 saturated carbocycles. The van der Waals surface area contributed by atoms with E-state index >= 15 is 0 Å². The molecule has 126 valence electrons. The van der Waals surface area contributed by atoms with Crippen LogP contribution in [0, 0.1) is 0 Å². The predicted octanol–water partition coefficient (Wildman–Crippen LogP) is 2.76. The third-order valence-electron chi connectivity index (χ3n) is 5.45. The van der Waals surface area contributed by atoms with E-state index in [1.165, 1.54) is 19.3 Å². The fraction of sp³-hybridized carbons (Fsp3) is 0.632. The Morgan fingerprint density at radius 2 is 2.26 bits per heavy atom. The number of piperidine rings is 1. The van der Waals surface area contributed by atoms with Crippen molar-refractivity contribution < 1.29 is 9.53 Å². The standard InChI is InChI=1S/C19H28N2O2/c1-19-10-6-12-21(17(19)9-3-4-11-20-19)18(22)14-15-7-5-8-16(13-15)23-2/h5,7-8,13,17,20H,3-4,6,9-12,14H2,1-2H3/t17-,19-/m0/s1. The second kappa shape index (κ2) is 6.91. The Balaban J connectivity index is 1.74. The van der Waals surface area contributed by atoms with Crippen LogP contribution in [0.5, 0.6) is 5.75 Å². The molecular formula is C19H28N2O2. The van der Waals surface area contributed by atoms with Crippen LogP contribution < -0.4 is 10.1 Å². The zero-order valence-corrected chi connectivity index (χ0v) is 14.3. The van der Waals surface area contributed by atoms with Gasteiger partial charge in [-0.1, -0.05) is 18.6 Å². The number of carbonyl (C=O) groups excluding carboxylic acids is 1. The SMILES string of the molecule is COc1cccc(CC(=O)N2CCC[C@]3(C)NCCCC[C@H]23)c1. The summed E-state index contributed by atoms with van der Waals surface area (Å²) < 4.78 is 5.27. The summed E-state index contributed by atoms with van der Waals surface area (Å²) in [6.07, 6.45) is 6.25. The van der Waals surface area contributed by atoms with Crippen LogP contribution in [-0.4, -0.2) is 42.6 Å². The number of nitrogens with one attached hydrogen (secondary N) is 1. The maximum atomic E-state index is 12.9. The Kier molecular flexibility index (Phi) is 4.90. The van der Waals surface area contributed by atoms with Crippen LogP contribution in [0.1, 0.15) is 44.6 Å². The molecule has 4 nitrogen and oxygen atoms in total. The van der Waals surface area contributed by atoms with Gasteiger partial charge in [-0.2, -0.15) is 0 Å². The molecule has 2 atom stereocenters. The van der Waals surface area contributed by atoms with E-state index in [4.69, 9.17) is 4.74 Å². The van der Waals surface area contributed by atoms with Crippen molar-refractivity contribution in [3.05, 3.63) is 29.8 Å². The molecular weight excluding hydrogens is 288 g/mol. The molecule has 1 aromatic carbocycles. The Morgan fingerprint density at radius 3 is 3.09 bits per heavy atom. The number of hydrogen-bond donors (Lipinski definition) is 1. The molecule has 0 unspecified atom stereocenters. The summed E-state index contributed by atoms with van der Waals surface area (Å²) in [4.78, 5) is 15.1. The first-order chi connectivity index (χ1) is 11.1. The van der Waals surface area contributed by atoms with Gasteiger partial charge in [0.05, 0.1) is 13.5 Å². The average molecular weight is 316 g/mol. The number of amides is 1. The lowest BCUT2D eigenvalue weighted by Gasteiger charge is -2.48. The number of nitrogens with zero attached hydrogens (tertiary/aromatic N) is 1. The van der Waals surface area contributed by atoms with Gasteiger partial charge in [0.2, 0.25) is 5.91 Å². The third kappa shape index (κ3) is 3.52. The lowest BCUT2D eigenvalue weighted by molar-refractivity contribution is -0.136. The zero-order valence-electron chi connectivity index (χ0n) is 14.3. The maximum absolute atomic E-state index is 12.9. The van der Waals surface area contributed by atoms with Crippen molar-refractivity contribution >= 4 is 5.91 Å². The van der Waals surface area contributed by atoms with Crippen molar-refractivity contribution in [1.82, 2.24) is 10.2 Å². The summed E-state index contributed by atoms with van der Waals surface area (Å²) in [6, 6.07) is 8.18. The molecule has 1 N–H and O–H groups in total. The van der Waals surface area contributed by atoms with Crippen LogP contribution in [-0.2, 0) is 11.2 Å². The highest BCUT2D eigenvalue weighted by Gasteiger charge is 2.42. The van der Waals surface area contributed by atoms with Crippen LogP contribution in [0.25, 0.3) is 0 Å². The van der Waals surface area contributed by atoms with E-state index in [0.29, 0.717) is 12.5 Å².